The molecule has 1 aliphatic heterocycles. The molecule has 1 saturated heterocycles. The standard InChI is InChI=1S/C17H16F2N6O2/c1-10-16(22-27-21-10)15-6-3-7-25(15)17(26)14-9-24(23-20-14)8-11-12(18)4-2-5-13(11)19/h2,4-5,9,15H,3,6-8H2,1H3/t15-/m0/s1. The molecule has 0 saturated carbocycles. The Hall–Kier alpha value is -3.17. The molecule has 1 atom stereocenters. The lowest BCUT2D eigenvalue weighted by Crippen LogP contribution is -2.31. The summed E-state index contributed by atoms with van der Waals surface area (Å²) in [5, 5.41) is 15.4. The first-order valence-corrected chi connectivity index (χ1v) is 8.47. The van der Waals surface area contributed by atoms with Gasteiger partial charge in [-0.05, 0) is 31.9 Å². The minimum absolute atomic E-state index is 0.104. The van der Waals surface area contributed by atoms with E-state index in [0.717, 1.165) is 12.8 Å². The SMILES string of the molecule is Cc1nonc1[C@@H]1CCCN1C(=O)c1cn(Cc2c(F)cccc2F)nn1. The van der Waals surface area contributed by atoms with E-state index in [1.54, 1.807) is 11.8 Å². The van der Waals surface area contributed by atoms with Gasteiger partial charge in [0.2, 0.25) is 0 Å². The van der Waals surface area contributed by atoms with Crippen molar-refractivity contribution in [1.29, 1.82) is 0 Å². The van der Waals surface area contributed by atoms with Crippen molar-refractivity contribution >= 4 is 5.91 Å². The number of halogens is 2. The molecule has 0 aliphatic carbocycles. The predicted octanol–water partition coefficient (Wildman–Crippen LogP) is 2.27. The van der Waals surface area contributed by atoms with Gasteiger partial charge in [-0.2, -0.15) is 0 Å². The first-order chi connectivity index (χ1) is 13.0. The van der Waals surface area contributed by atoms with Gasteiger partial charge in [-0.15, -0.1) is 5.10 Å². The van der Waals surface area contributed by atoms with E-state index in [0.29, 0.717) is 17.9 Å². The fraction of sp³-hybridized carbons (Fsp3) is 0.353. The van der Waals surface area contributed by atoms with E-state index in [-0.39, 0.29) is 29.8 Å². The van der Waals surface area contributed by atoms with Crippen LogP contribution in [0.3, 0.4) is 0 Å². The first-order valence-electron chi connectivity index (χ1n) is 8.47. The van der Waals surface area contributed by atoms with E-state index in [9.17, 15) is 13.6 Å². The molecule has 1 amide bonds. The zero-order valence-electron chi connectivity index (χ0n) is 14.5. The van der Waals surface area contributed by atoms with E-state index in [1.807, 2.05) is 0 Å². The molecule has 140 valence electrons. The lowest BCUT2D eigenvalue weighted by molar-refractivity contribution is 0.0724. The summed E-state index contributed by atoms with van der Waals surface area (Å²) in [6.07, 6.45) is 2.95. The van der Waals surface area contributed by atoms with Crippen LogP contribution >= 0.6 is 0 Å². The van der Waals surface area contributed by atoms with Gasteiger partial charge in [-0.1, -0.05) is 21.6 Å². The summed E-state index contributed by atoms with van der Waals surface area (Å²) >= 11 is 0. The highest BCUT2D eigenvalue weighted by Crippen LogP contribution is 2.33. The van der Waals surface area contributed by atoms with Crippen molar-refractivity contribution in [3.8, 4) is 0 Å². The molecule has 0 bridgehead atoms. The summed E-state index contributed by atoms with van der Waals surface area (Å²) in [6.45, 7) is 2.16. The minimum atomic E-state index is -0.674. The lowest BCUT2D eigenvalue weighted by Gasteiger charge is -2.21. The molecule has 2 aromatic heterocycles. The molecular weight excluding hydrogens is 358 g/mol. The number of aromatic nitrogens is 5. The number of likely N-dealkylation sites (tertiary alicyclic amines) is 1. The third-order valence-electron chi connectivity index (χ3n) is 4.66. The van der Waals surface area contributed by atoms with Crippen LogP contribution in [0.4, 0.5) is 8.78 Å². The monoisotopic (exact) mass is 374 g/mol. The fourth-order valence-corrected chi connectivity index (χ4v) is 3.30. The Bertz CT molecular complexity index is 965. The molecule has 10 heteroatoms. The molecule has 1 aromatic carbocycles. The fourth-order valence-electron chi connectivity index (χ4n) is 3.30. The van der Waals surface area contributed by atoms with Gasteiger partial charge in [-0.25, -0.2) is 18.1 Å². The van der Waals surface area contributed by atoms with Crippen molar-refractivity contribution in [2.24, 2.45) is 0 Å². The van der Waals surface area contributed by atoms with E-state index < -0.39 is 11.6 Å². The number of aryl methyl sites for hydroxylation is 1. The van der Waals surface area contributed by atoms with Gasteiger partial charge in [0.05, 0.1) is 18.8 Å². The Morgan fingerprint density at radius 2 is 2.07 bits per heavy atom. The van der Waals surface area contributed by atoms with Gasteiger partial charge in [0.1, 0.15) is 23.0 Å². The maximum Gasteiger partial charge on any atom is 0.276 e. The second-order valence-electron chi connectivity index (χ2n) is 6.39. The molecule has 1 aliphatic rings. The average molecular weight is 374 g/mol. The van der Waals surface area contributed by atoms with Crippen molar-refractivity contribution in [3.63, 3.8) is 0 Å². The molecule has 1 fully saturated rings. The van der Waals surface area contributed by atoms with E-state index in [4.69, 9.17) is 4.63 Å². The predicted molar refractivity (Wildman–Crippen MR) is 87.5 cm³/mol. The van der Waals surface area contributed by atoms with Crippen LogP contribution in [0.2, 0.25) is 0 Å². The Balaban J connectivity index is 1.54. The smallest absolute Gasteiger partial charge is 0.276 e. The van der Waals surface area contributed by atoms with Crippen LogP contribution in [-0.4, -0.2) is 42.7 Å². The molecular formula is C17H16F2N6O2. The zero-order valence-corrected chi connectivity index (χ0v) is 14.5. The van der Waals surface area contributed by atoms with Crippen molar-refractivity contribution in [1.82, 2.24) is 30.2 Å². The maximum atomic E-state index is 13.8. The third-order valence-corrected chi connectivity index (χ3v) is 4.66. The highest BCUT2D eigenvalue weighted by Gasteiger charge is 2.35. The molecule has 0 spiro atoms. The van der Waals surface area contributed by atoms with Gasteiger partial charge in [-0.3, -0.25) is 4.79 Å². The van der Waals surface area contributed by atoms with Gasteiger partial charge in [0.25, 0.3) is 5.91 Å². The average Bonchev–Trinajstić information content (AvgIpc) is 3.38. The molecule has 0 unspecified atom stereocenters. The van der Waals surface area contributed by atoms with Crippen LogP contribution < -0.4 is 0 Å². The summed E-state index contributed by atoms with van der Waals surface area (Å²) in [5.41, 5.74) is 1.23. The second-order valence-corrected chi connectivity index (χ2v) is 6.39. The minimum Gasteiger partial charge on any atom is -0.328 e. The van der Waals surface area contributed by atoms with Crippen LogP contribution in [-0.2, 0) is 6.54 Å². The summed E-state index contributed by atoms with van der Waals surface area (Å²) < 4.78 is 33.6. The van der Waals surface area contributed by atoms with Crippen molar-refractivity contribution in [3.05, 3.63) is 58.7 Å². The van der Waals surface area contributed by atoms with Crippen molar-refractivity contribution in [2.45, 2.75) is 32.4 Å². The number of nitrogens with zero attached hydrogens (tertiary/aromatic N) is 6. The topological polar surface area (TPSA) is 89.9 Å². The normalized spacial score (nSPS) is 16.9. The number of carbonyl (C=O) groups excluding carboxylic acids is 1. The molecule has 0 N–H and O–H groups in total. The van der Waals surface area contributed by atoms with E-state index in [1.165, 1.54) is 29.1 Å². The van der Waals surface area contributed by atoms with Crippen LogP contribution in [0.15, 0.2) is 29.0 Å². The van der Waals surface area contributed by atoms with E-state index >= 15 is 0 Å². The van der Waals surface area contributed by atoms with Crippen LogP contribution in [0.1, 0.15) is 46.3 Å². The highest BCUT2D eigenvalue weighted by molar-refractivity contribution is 5.92. The number of carbonyl (C=O) groups is 1. The number of benzene rings is 1. The van der Waals surface area contributed by atoms with Gasteiger partial charge in [0.15, 0.2) is 5.69 Å². The van der Waals surface area contributed by atoms with Crippen LogP contribution in [0, 0.1) is 18.6 Å². The molecule has 8 nitrogen and oxygen atoms in total. The molecule has 0 radical (unpaired) electrons. The second kappa shape index (κ2) is 6.86. The van der Waals surface area contributed by atoms with Gasteiger partial charge >= 0.3 is 0 Å². The van der Waals surface area contributed by atoms with Gasteiger partial charge in [0, 0.05) is 12.1 Å². The molecule has 3 heterocycles. The number of hydrogen-bond donors (Lipinski definition) is 0. The summed E-state index contributed by atoms with van der Waals surface area (Å²) in [4.78, 5) is 14.5. The van der Waals surface area contributed by atoms with Crippen LogP contribution in [0.5, 0.6) is 0 Å². The van der Waals surface area contributed by atoms with Crippen LogP contribution in [0.25, 0.3) is 0 Å². The zero-order chi connectivity index (χ0) is 19.0. The molecule has 3 aromatic rings. The highest BCUT2D eigenvalue weighted by atomic mass is 19.1. The summed E-state index contributed by atoms with van der Waals surface area (Å²) in [6, 6.07) is 3.39. The number of rotatable bonds is 4. The molecule has 27 heavy (non-hydrogen) atoms. The Morgan fingerprint density at radius 3 is 2.78 bits per heavy atom. The lowest BCUT2D eigenvalue weighted by atomic mass is 10.1. The van der Waals surface area contributed by atoms with Crippen molar-refractivity contribution < 1.29 is 18.2 Å². The molecule has 4 rings (SSSR count). The number of hydrogen-bond acceptors (Lipinski definition) is 6. The maximum absolute atomic E-state index is 13.8. The Morgan fingerprint density at radius 1 is 1.30 bits per heavy atom. The Kier molecular flexibility index (Phi) is 4.38. The number of amides is 1. The third kappa shape index (κ3) is 3.18. The summed E-state index contributed by atoms with van der Waals surface area (Å²) in [5.74, 6) is -1.67. The largest absolute Gasteiger partial charge is 0.328 e. The first kappa shape index (κ1) is 17.3. The van der Waals surface area contributed by atoms with Crippen molar-refractivity contribution in [2.75, 3.05) is 6.54 Å². The van der Waals surface area contributed by atoms with E-state index in [2.05, 4.69) is 20.6 Å². The Labute approximate surface area is 152 Å². The quantitative estimate of drug-likeness (QED) is 0.696. The van der Waals surface area contributed by atoms with Gasteiger partial charge < -0.3 is 4.90 Å². The summed E-state index contributed by atoms with van der Waals surface area (Å²) in [7, 11) is 0.